The molecule has 1 heterocycles. The van der Waals surface area contributed by atoms with E-state index in [-0.39, 0.29) is 0 Å². The third-order valence-electron chi connectivity index (χ3n) is 1.85. The monoisotopic (exact) mass is 158 g/mol. The molecule has 0 radical (unpaired) electrons. The average Bonchev–Trinajstić information content (AvgIpc) is 1.75. The van der Waals surface area contributed by atoms with Crippen molar-refractivity contribution in [1.29, 1.82) is 0 Å². The predicted molar refractivity (Wildman–Crippen MR) is 47.1 cm³/mol. The van der Waals surface area contributed by atoms with Gasteiger partial charge in [0.15, 0.2) is 0 Å². The van der Waals surface area contributed by atoms with Gasteiger partial charge in [0.1, 0.15) is 0 Å². The molecule has 3 heteroatoms. The Kier molecular flexibility index (Phi) is 3.09. The molecule has 1 rings (SSSR count). The highest BCUT2D eigenvalue weighted by atomic mass is 32.1. The predicted octanol–water partition coefficient (Wildman–Crippen LogP) is 0.758. The summed E-state index contributed by atoms with van der Waals surface area (Å²) < 4.78 is 0. The highest BCUT2D eigenvalue weighted by molar-refractivity contribution is 7.80. The fourth-order valence-electron chi connectivity index (χ4n) is 1.08. The Bertz CT molecular complexity index is 121. The minimum Gasteiger partial charge on any atom is -0.393 e. The van der Waals surface area contributed by atoms with Crippen LogP contribution in [0.15, 0.2) is 0 Å². The quantitative estimate of drug-likeness (QED) is 0.612. The third-order valence-corrected chi connectivity index (χ3v) is 2.05. The summed E-state index contributed by atoms with van der Waals surface area (Å²) >= 11 is 4.76. The first kappa shape index (κ1) is 7.95. The number of nitrogens with zero attached hydrogens (tertiary/aromatic N) is 1. The van der Waals surface area contributed by atoms with Crippen LogP contribution in [0.1, 0.15) is 19.3 Å². The summed E-state index contributed by atoms with van der Waals surface area (Å²) in [5, 5.41) is 0. The van der Waals surface area contributed by atoms with E-state index in [1.54, 1.807) is 0 Å². The van der Waals surface area contributed by atoms with Crippen molar-refractivity contribution >= 4 is 17.2 Å². The van der Waals surface area contributed by atoms with Gasteiger partial charge in [0.25, 0.3) is 0 Å². The molecule has 0 aliphatic carbocycles. The molecule has 0 unspecified atom stereocenters. The summed E-state index contributed by atoms with van der Waals surface area (Å²) in [6.07, 6.45) is 3.41. The van der Waals surface area contributed by atoms with Crippen LogP contribution in [0.4, 0.5) is 0 Å². The van der Waals surface area contributed by atoms with E-state index >= 15 is 0 Å². The highest BCUT2D eigenvalue weighted by Crippen LogP contribution is 2.06. The lowest BCUT2D eigenvalue weighted by atomic mass is 10.2. The first-order chi connectivity index (χ1) is 4.79. The Labute approximate surface area is 67.4 Å². The lowest BCUT2D eigenvalue weighted by Gasteiger charge is -2.30. The maximum atomic E-state index is 5.35. The minimum absolute atomic E-state index is 0.653. The molecule has 1 fully saturated rings. The lowest BCUT2D eigenvalue weighted by Crippen LogP contribution is -2.37. The second kappa shape index (κ2) is 3.88. The van der Waals surface area contributed by atoms with Crippen molar-refractivity contribution in [2.75, 3.05) is 19.6 Å². The van der Waals surface area contributed by atoms with Crippen molar-refractivity contribution in [1.82, 2.24) is 4.90 Å². The van der Waals surface area contributed by atoms with Crippen LogP contribution < -0.4 is 5.73 Å². The van der Waals surface area contributed by atoms with Gasteiger partial charge in [-0.3, -0.25) is 0 Å². The summed E-state index contributed by atoms with van der Waals surface area (Å²) in [4.78, 5) is 3.08. The van der Waals surface area contributed by atoms with Gasteiger partial charge < -0.3 is 10.6 Å². The van der Waals surface area contributed by atoms with Crippen molar-refractivity contribution in [2.45, 2.75) is 19.3 Å². The zero-order valence-electron chi connectivity index (χ0n) is 6.18. The zero-order chi connectivity index (χ0) is 7.40. The van der Waals surface area contributed by atoms with Crippen molar-refractivity contribution in [2.24, 2.45) is 5.73 Å². The van der Waals surface area contributed by atoms with Crippen LogP contribution in [0.5, 0.6) is 0 Å². The number of likely N-dealkylation sites (tertiary alicyclic amines) is 1. The van der Waals surface area contributed by atoms with Gasteiger partial charge in [0, 0.05) is 0 Å². The molecule has 0 bridgehead atoms. The molecule has 0 aromatic carbocycles. The molecule has 1 saturated heterocycles. The first-order valence-electron chi connectivity index (χ1n) is 3.80. The SMILES string of the molecule is NC(=S)CCCN1CCC1. The second-order valence-electron chi connectivity index (χ2n) is 2.77. The van der Waals surface area contributed by atoms with Crippen molar-refractivity contribution < 1.29 is 0 Å². The number of nitrogens with two attached hydrogens (primary N) is 1. The van der Waals surface area contributed by atoms with Crippen LogP contribution >= 0.6 is 12.2 Å². The van der Waals surface area contributed by atoms with Gasteiger partial charge in [-0.15, -0.1) is 0 Å². The van der Waals surface area contributed by atoms with Crippen LogP contribution in [-0.2, 0) is 0 Å². The zero-order valence-corrected chi connectivity index (χ0v) is 6.99. The summed E-state index contributed by atoms with van der Waals surface area (Å²) in [6.45, 7) is 3.73. The molecule has 1 aliphatic heterocycles. The van der Waals surface area contributed by atoms with E-state index < -0.39 is 0 Å². The summed E-state index contributed by atoms with van der Waals surface area (Å²) in [5.74, 6) is 0. The van der Waals surface area contributed by atoms with E-state index in [1.807, 2.05) is 0 Å². The molecule has 2 nitrogen and oxygen atoms in total. The molecule has 1 aliphatic rings. The van der Waals surface area contributed by atoms with Gasteiger partial charge in [-0.1, -0.05) is 12.2 Å². The van der Waals surface area contributed by atoms with Crippen LogP contribution in [0.25, 0.3) is 0 Å². The lowest BCUT2D eigenvalue weighted by molar-refractivity contribution is 0.180. The van der Waals surface area contributed by atoms with Crippen molar-refractivity contribution in [3.8, 4) is 0 Å². The number of thiocarbonyl (C=S) groups is 1. The Morgan fingerprint density at radius 2 is 2.20 bits per heavy atom. The van der Waals surface area contributed by atoms with Gasteiger partial charge in [-0.2, -0.15) is 0 Å². The molecule has 0 amide bonds. The molecule has 0 spiro atoms. The number of hydrogen-bond acceptors (Lipinski definition) is 2. The largest absolute Gasteiger partial charge is 0.393 e. The van der Waals surface area contributed by atoms with E-state index in [2.05, 4.69) is 4.90 Å². The van der Waals surface area contributed by atoms with Crippen LogP contribution in [-0.4, -0.2) is 29.5 Å². The number of rotatable bonds is 4. The van der Waals surface area contributed by atoms with Gasteiger partial charge >= 0.3 is 0 Å². The Morgan fingerprint density at radius 1 is 1.50 bits per heavy atom. The molecule has 0 aromatic heterocycles. The summed E-state index contributed by atoms with van der Waals surface area (Å²) in [6, 6.07) is 0. The average molecular weight is 158 g/mol. The van der Waals surface area contributed by atoms with Crippen LogP contribution in [0.3, 0.4) is 0 Å². The normalized spacial score (nSPS) is 18.4. The van der Waals surface area contributed by atoms with E-state index in [9.17, 15) is 0 Å². The summed E-state index contributed by atoms with van der Waals surface area (Å²) in [7, 11) is 0. The first-order valence-corrected chi connectivity index (χ1v) is 4.20. The topological polar surface area (TPSA) is 29.3 Å². The van der Waals surface area contributed by atoms with Gasteiger partial charge in [0.05, 0.1) is 4.99 Å². The van der Waals surface area contributed by atoms with Crippen molar-refractivity contribution in [3.05, 3.63) is 0 Å². The molecule has 58 valence electrons. The van der Waals surface area contributed by atoms with Crippen molar-refractivity contribution in [3.63, 3.8) is 0 Å². The molecular formula is C7H14N2S. The smallest absolute Gasteiger partial charge is 0.0727 e. The van der Waals surface area contributed by atoms with E-state index in [0.29, 0.717) is 4.99 Å². The fraction of sp³-hybridized carbons (Fsp3) is 0.857. The molecule has 0 saturated carbocycles. The van der Waals surface area contributed by atoms with E-state index in [0.717, 1.165) is 12.8 Å². The van der Waals surface area contributed by atoms with Crippen LogP contribution in [0.2, 0.25) is 0 Å². The Hall–Kier alpha value is -0.150. The third kappa shape index (κ3) is 2.62. The Balaban J connectivity index is 1.89. The maximum absolute atomic E-state index is 5.35. The van der Waals surface area contributed by atoms with Gasteiger partial charge in [-0.05, 0) is 38.9 Å². The fourth-order valence-corrected chi connectivity index (χ4v) is 1.23. The maximum Gasteiger partial charge on any atom is 0.0727 e. The van der Waals surface area contributed by atoms with E-state index in [4.69, 9.17) is 18.0 Å². The van der Waals surface area contributed by atoms with E-state index in [1.165, 1.54) is 26.1 Å². The highest BCUT2D eigenvalue weighted by Gasteiger charge is 2.11. The number of hydrogen-bond donors (Lipinski definition) is 1. The Morgan fingerprint density at radius 3 is 2.60 bits per heavy atom. The second-order valence-corrected chi connectivity index (χ2v) is 3.29. The van der Waals surface area contributed by atoms with Gasteiger partial charge in [0.2, 0.25) is 0 Å². The molecular weight excluding hydrogens is 144 g/mol. The molecule has 0 aromatic rings. The van der Waals surface area contributed by atoms with Gasteiger partial charge in [-0.25, -0.2) is 0 Å². The molecule has 0 atom stereocenters. The molecule has 2 N–H and O–H groups in total. The summed E-state index contributed by atoms with van der Waals surface area (Å²) in [5.41, 5.74) is 5.35. The standard InChI is InChI=1S/C7H14N2S/c8-7(10)3-1-4-9-5-2-6-9/h1-6H2,(H2,8,10). The molecule has 10 heavy (non-hydrogen) atoms. The minimum atomic E-state index is 0.653. The van der Waals surface area contributed by atoms with Crippen LogP contribution in [0, 0.1) is 0 Å².